The number of rotatable bonds is 3. The van der Waals surface area contributed by atoms with Crippen molar-refractivity contribution >= 4 is 27.6 Å². The molecule has 2 fully saturated rings. The molecule has 0 aliphatic heterocycles. The summed E-state index contributed by atoms with van der Waals surface area (Å²) in [6.45, 7) is 7.13. The number of carbonyl (C=O) groups excluding carboxylic acids is 1. The highest BCUT2D eigenvalue weighted by Crippen LogP contribution is 2.65. The van der Waals surface area contributed by atoms with E-state index in [2.05, 4.69) is 44.3 Å². The first-order valence-corrected chi connectivity index (χ1v) is 10.1. The Morgan fingerprint density at radius 2 is 2.00 bits per heavy atom. The van der Waals surface area contributed by atoms with Crippen molar-refractivity contribution in [2.24, 2.45) is 16.7 Å². The molecule has 1 aromatic heterocycles. The summed E-state index contributed by atoms with van der Waals surface area (Å²) in [6, 6.07) is 12.6. The van der Waals surface area contributed by atoms with Crippen LogP contribution in [0.1, 0.15) is 45.6 Å². The van der Waals surface area contributed by atoms with Crippen LogP contribution >= 0.6 is 0 Å². The Kier molecular flexibility index (Phi) is 3.50. The van der Waals surface area contributed by atoms with Crippen molar-refractivity contribution in [3.63, 3.8) is 0 Å². The lowest BCUT2D eigenvalue weighted by Crippen LogP contribution is -2.47. The molecule has 5 rings (SSSR count). The second kappa shape index (κ2) is 5.60. The number of amides is 1. The van der Waals surface area contributed by atoms with Crippen LogP contribution in [0.3, 0.4) is 0 Å². The molecule has 2 aliphatic carbocycles. The van der Waals surface area contributed by atoms with Gasteiger partial charge in [-0.2, -0.15) is 0 Å². The van der Waals surface area contributed by atoms with Crippen LogP contribution in [0.4, 0.5) is 0 Å². The molecule has 1 amide bonds. The summed E-state index contributed by atoms with van der Waals surface area (Å²) < 4.78 is 5.75. The Morgan fingerprint density at radius 3 is 2.74 bits per heavy atom. The van der Waals surface area contributed by atoms with Gasteiger partial charge in [0.25, 0.3) is 0 Å². The zero-order valence-corrected chi connectivity index (χ0v) is 16.3. The summed E-state index contributed by atoms with van der Waals surface area (Å²) in [7, 11) is 0. The minimum absolute atomic E-state index is 0.111. The molecule has 2 saturated carbocycles. The van der Waals surface area contributed by atoms with Gasteiger partial charge in [0.15, 0.2) is 0 Å². The van der Waals surface area contributed by atoms with Crippen LogP contribution in [0.25, 0.3) is 21.7 Å². The van der Waals surface area contributed by atoms with Gasteiger partial charge < -0.3 is 9.73 Å². The zero-order chi connectivity index (χ0) is 18.8. The summed E-state index contributed by atoms with van der Waals surface area (Å²) in [5.41, 5.74) is 2.35. The zero-order valence-electron chi connectivity index (χ0n) is 16.3. The van der Waals surface area contributed by atoms with E-state index in [0.717, 1.165) is 34.3 Å². The highest BCUT2D eigenvalue weighted by Gasteiger charge is 2.61. The number of furan rings is 1. The minimum atomic E-state index is 0.111. The Balaban J connectivity index is 1.42. The first-order chi connectivity index (χ1) is 12.9. The molecule has 3 nitrogen and oxygen atoms in total. The molecule has 0 spiro atoms. The highest BCUT2D eigenvalue weighted by atomic mass is 16.3. The lowest BCUT2D eigenvalue weighted by atomic mass is 9.69. The molecule has 0 unspecified atom stereocenters. The standard InChI is InChI=1S/C24H27NO2/c1-23(2)17-10-11-24(23,3)20(13-17)25-21(26)12-16-14-27-19-9-8-15-6-4-5-7-18(15)22(16)19/h4-9,14,17,20H,10-13H2,1-3H3,(H,25,26)/t17-,20+,24+/m0/s1. The average molecular weight is 361 g/mol. The number of carbonyl (C=O) groups is 1. The minimum Gasteiger partial charge on any atom is -0.464 e. The van der Waals surface area contributed by atoms with Gasteiger partial charge in [-0.3, -0.25) is 4.79 Å². The first-order valence-electron chi connectivity index (χ1n) is 10.1. The number of hydrogen-bond donors (Lipinski definition) is 1. The van der Waals surface area contributed by atoms with E-state index in [4.69, 9.17) is 4.42 Å². The number of nitrogens with one attached hydrogen (secondary N) is 1. The summed E-state index contributed by atoms with van der Waals surface area (Å²) in [6.07, 6.45) is 5.76. The van der Waals surface area contributed by atoms with E-state index in [9.17, 15) is 4.79 Å². The fourth-order valence-corrected chi connectivity index (χ4v) is 5.84. The molecule has 1 heterocycles. The van der Waals surface area contributed by atoms with Gasteiger partial charge in [-0.1, -0.05) is 51.1 Å². The fourth-order valence-electron chi connectivity index (χ4n) is 5.84. The lowest BCUT2D eigenvalue weighted by Gasteiger charge is -2.39. The van der Waals surface area contributed by atoms with E-state index in [0.29, 0.717) is 11.8 Å². The Morgan fingerprint density at radius 1 is 1.19 bits per heavy atom. The topological polar surface area (TPSA) is 42.2 Å². The van der Waals surface area contributed by atoms with Gasteiger partial charge in [0.1, 0.15) is 5.58 Å². The van der Waals surface area contributed by atoms with E-state index >= 15 is 0 Å². The van der Waals surface area contributed by atoms with Crippen LogP contribution in [0.5, 0.6) is 0 Å². The number of benzene rings is 2. The first kappa shape index (κ1) is 16.9. The summed E-state index contributed by atoms with van der Waals surface area (Å²) >= 11 is 0. The molecule has 3 aromatic rings. The van der Waals surface area contributed by atoms with Crippen molar-refractivity contribution in [3.8, 4) is 0 Å². The molecule has 2 aliphatic rings. The molecule has 0 saturated heterocycles. The van der Waals surface area contributed by atoms with Crippen molar-refractivity contribution in [2.45, 2.75) is 52.5 Å². The molecular weight excluding hydrogens is 334 g/mol. The molecule has 27 heavy (non-hydrogen) atoms. The van der Waals surface area contributed by atoms with Crippen LogP contribution in [0.2, 0.25) is 0 Å². The maximum Gasteiger partial charge on any atom is 0.224 e. The molecule has 2 aromatic carbocycles. The van der Waals surface area contributed by atoms with E-state index in [-0.39, 0.29) is 17.4 Å². The molecular formula is C24H27NO2. The summed E-state index contributed by atoms with van der Waals surface area (Å²) in [4.78, 5) is 12.9. The number of fused-ring (bicyclic) bond motifs is 5. The monoisotopic (exact) mass is 361 g/mol. The second-order valence-electron chi connectivity index (χ2n) is 9.33. The maximum absolute atomic E-state index is 12.9. The largest absolute Gasteiger partial charge is 0.464 e. The Labute approximate surface area is 160 Å². The van der Waals surface area contributed by atoms with Crippen LogP contribution in [-0.2, 0) is 11.2 Å². The SMILES string of the molecule is CC1(C)[C@H]2CC[C@]1(C)[C@H](NC(=O)Cc1coc3ccc4ccccc4c13)C2. The van der Waals surface area contributed by atoms with Crippen LogP contribution < -0.4 is 5.32 Å². The third kappa shape index (κ3) is 2.30. The van der Waals surface area contributed by atoms with Gasteiger partial charge >= 0.3 is 0 Å². The molecule has 2 bridgehead atoms. The molecule has 1 N–H and O–H groups in total. The molecule has 3 atom stereocenters. The smallest absolute Gasteiger partial charge is 0.224 e. The summed E-state index contributed by atoms with van der Waals surface area (Å²) in [5.74, 6) is 0.840. The predicted molar refractivity (Wildman–Crippen MR) is 109 cm³/mol. The molecule has 3 heteroatoms. The normalized spacial score (nSPS) is 28.9. The lowest BCUT2D eigenvalue weighted by molar-refractivity contribution is -0.122. The van der Waals surface area contributed by atoms with Crippen molar-refractivity contribution in [3.05, 3.63) is 48.2 Å². The predicted octanol–water partition coefficient (Wildman–Crippen LogP) is 5.46. The van der Waals surface area contributed by atoms with Gasteiger partial charge in [-0.25, -0.2) is 0 Å². The van der Waals surface area contributed by atoms with Crippen LogP contribution in [0.15, 0.2) is 47.1 Å². The van der Waals surface area contributed by atoms with Gasteiger partial charge in [0.2, 0.25) is 5.91 Å². The van der Waals surface area contributed by atoms with E-state index in [1.807, 2.05) is 18.2 Å². The molecule has 140 valence electrons. The van der Waals surface area contributed by atoms with E-state index < -0.39 is 0 Å². The number of hydrogen-bond acceptors (Lipinski definition) is 2. The Hall–Kier alpha value is -2.29. The van der Waals surface area contributed by atoms with Crippen molar-refractivity contribution < 1.29 is 9.21 Å². The van der Waals surface area contributed by atoms with Gasteiger partial charge in [-0.15, -0.1) is 0 Å². The third-order valence-electron chi connectivity index (χ3n) is 8.02. The van der Waals surface area contributed by atoms with E-state index in [1.54, 1.807) is 6.26 Å². The fraction of sp³-hybridized carbons (Fsp3) is 0.458. The van der Waals surface area contributed by atoms with Crippen molar-refractivity contribution in [1.82, 2.24) is 5.32 Å². The van der Waals surface area contributed by atoms with Crippen LogP contribution in [0, 0.1) is 16.7 Å². The summed E-state index contributed by atoms with van der Waals surface area (Å²) in [5, 5.41) is 6.78. The van der Waals surface area contributed by atoms with Crippen LogP contribution in [-0.4, -0.2) is 11.9 Å². The van der Waals surface area contributed by atoms with E-state index in [1.165, 1.54) is 18.2 Å². The van der Waals surface area contributed by atoms with Gasteiger partial charge in [-0.05, 0) is 52.8 Å². The Bertz CT molecular complexity index is 1050. The van der Waals surface area contributed by atoms with Gasteiger partial charge in [0.05, 0.1) is 12.7 Å². The third-order valence-corrected chi connectivity index (χ3v) is 8.02. The quantitative estimate of drug-likeness (QED) is 0.673. The molecule has 0 radical (unpaired) electrons. The maximum atomic E-state index is 12.9. The average Bonchev–Trinajstić information content (AvgIpc) is 3.21. The van der Waals surface area contributed by atoms with Crippen molar-refractivity contribution in [1.29, 1.82) is 0 Å². The van der Waals surface area contributed by atoms with Gasteiger partial charge in [0, 0.05) is 17.0 Å². The van der Waals surface area contributed by atoms with Crippen molar-refractivity contribution in [2.75, 3.05) is 0 Å². The highest BCUT2D eigenvalue weighted by molar-refractivity contribution is 6.08. The second-order valence-corrected chi connectivity index (χ2v) is 9.33.